The highest BCUT2D eigenvalue weighted by atomic mass is 79.9. The van der Waals surface area contributed by atoms with Crippen LogP contribution < -0.4 is 4.74 Å². The molecule has 214 valence electrons. The van der Waals surface area contributed by atoms with E-state index in [1.807, 2.05) is 0 Å². The van der Waals surface area contributed by atoms with Gasteiger partial charge < -0.3 is 4.74 Å². The molecule has 0 spiro atoms. The molecule has 4 rings (SSSR count). The lowest BCUT2D eigenvalue weighted by Gasteiger charge is -2.30. The van der Waals surface area contributed by atoms with Crippen molar-refractivity contribution in [2.75, 3.05) is 6.61 Å². The third-order valence-electron chi connectivity index (χ3n) is 7.78. The third-order valence-corrected chi connectivity index (χ3v) is 8.84. The minimum atomic E-state index is -0.217. The van der Waals surface area contributed by atoms with Gasteiger partial charge in [-0.3, -0.25) is 0 Å². The molecule has 0 aliphatic heterocycles. The van der Waals surface area contributed by atoms with Gasteiger partial charge in [-0.05, 0) is 83.3 Å². The van der Waals surface area contributed by atoms with Crippen molar-refractivity contribution in [2.45, 2.75) is 58.3 Å². The van der Waals surface area contributed by atoms with Gasteiger partial charge in [0.05, 0.1) is 6.61 Å². The Hall–Kier alpha value is -2.62. The second-order valence-corrected chi connectivity index (χ2v) is 13.5. The van der Waals surface area contributed by atoms with Gasteiger partial charge in [0.25, 0.3) is 0 Å². The van der Waals surface area contributed by atoms with Crippen molar-refractivity contribution in [1.82, 2.24) is 0 Å². The van der Waals surface area contributed by atoms with E-state index < -0.39 is 0 Å². The second-order valence-electron chi connectivity index (χ2n) is 11.6. The molecule has 2 atom stereocenters. The van der Waals surface area contributed by atoms with Crippen LogP contribution >= 0.6 is 31.9 Å². The number of rotatable bonds is 13. The van der Waals surface area contributed by atoms with E-state index in [9.17, 15) is 0 Å². The van der Waals surface area contributed by atoms with E-state index in [0.717, 1.165) is 40.1 Å². The van der Waals surface area contributed by atoms with Crippen molar-refractivity contribution in [3.05, 3.63) is 134 Å². The maximum atomic E-state index is 6.15. The lowest BCUT2D eigenvalue weighted by molar-refractivity contribution is 0.275. The van der Waals surface area contributed by atoms with Gasteiger partial charge in [0.2, 0.25) is 0 Å². The highest BCUT2D eigenvalue weighted by molar-refractivity contribution is 9.10. The standard InChI is InChI=1S/C38H42Br2O/c1-29(2)5-4-6-30(3)24-28-41-37-19-13-34(14-20-37)38(25-21-32-11-17-36(40)18-12-32)26-22-33(23-27-38)8-7-31-9-15-35(39)16-10-31/h7-23,25-26,29-30H,4-6,24,27-28H2,1-3H3/b8-7+,25-21+. The average molecular weight is 675 g/mol. The number of hydrogen-bond acceptors (Lipinski definition) is 1. The van der Waals surface area contributed by atoms with E-state index in [2.05, 4.69) is 168 Å². The maximum Gasteiger partial charge on any atom is 0.119 e. The van der Waals surface area contributed by atoms with Crippen LogP contribution in [-0.2, 0) is 5.41 Å². The van der Waals surface area contributed by atoms with Crippen molar-refractivity contribution in [3.63, 3.8) is 0 Å². The molecule has 1 nitrogen and oxygen atoms in total. The molecule has 3 aromatic carbocycles. The summed E-state index contributed by atoms with van der Waals surface area (Å²) in [5.41, 5.74) is 4.65. The lowest BCUT2D eigenvalue weighted by Crippen LogP contribution is -2.22. The summed E-state index contributed by atoms with van der Waals surface area (Å²) in [5.74, 6) is 2.44. The molecule has 0 bridgehead atoms. The van der Waals surface area contributed by atoms with E-state index in [4.69, 9.17) is 4.74 Å². The van der Waals surface area contributed by atoms with Crippen LogP contribution in [0.1, 0.15) is 69.6 Å². The van der Waals surface area contributed by atoms with Crippen LogP contribution in [0.25, 0.3) is 12.2 Å². The monoisotopic (exact) mass is 672 g/mol. The quantitative estimate of drug-likeness (QED) is 0.175. The Morgan fingerprint density at radius 3 is 1.98 bits per heavy atom. The Balaban J connectivity index is 1.45. The number of benzene rings is 3. The van der Waals surface area contributed by atoms with Crippen LogP contribution in [-0.4, -0.2) is 6.61 Å². The van der Waals surface area contributed by atoms with Crippen molar-refractivity contribution < 1.29 is 4.74 Å². The normalized spacial score (nSPS) is 17.9. The Labute approximate surface area is 264 Å². The van der Waals surface area contributed by atoms with E-state index >= 15 is 0 Å². The van der Waals surface area contributed by atoms with Gasteiger partial charge in [0.15, 0.2) is 0 Å². The first kappa shape index (κ1) is 31.3. The molecule has 0 N–H and O–H groups in total. The van der Waals surface area contributed by atoms with Crippen LogP contribution in [0.4, 0.5) is 0 Å². The first-order valence-corrected chi connectivity index (χ1v) is 16.4. The van der Waals surface area contributed by atoms with E-state index in [1.54, 1.807) is 0 Å². The molecule has 1 aliphatic carbocycles. The zero-order valence-electron chi connectivity index (χ0n) is 24.5. The predicted octanol–water partition coefficient (Wildman–Crippen LogP) is 12.0. The maximum absolute atomic E-state index is 6.15. The number of ether oxygens (including phenoxy) is 1. The summed E-state index contributed by atoms with van der Waals surface area (Å²) in [4.78, 5) is 0. The Kier molecular flexibility index (Phi) is 11.9. The SMILES string of the molecule is CC(C)CCCC(C)CCOc1ccc(C2(/C=C/c3ccc(Br)cc3)C=CC(/C=C/c3ccc(Br)cc3)=CC2)cc1. The highest BCUT2D eigenvalue weighted by Gasteiger charge is 2.27. The Morgan fingerprint density at radius 1 is 0.756 bits per heavy atom. The molecule has 2 unspecified atom stereocenters. The smallest absolute Gasteiger partial charge is 0.119 e. The number of hydrogen-bond donors (Lipinski definition) is 0. The van der Waals surface area contributed by atoms with Crippen LogP contribution in [0.5, 0.6) is 5.75 Å². The molecule has 3 heteroatoms. The van der Waals surface area contributed by atoms with E-state index in [1.165, 1.54) is 41.5 Å². The van der Waals surface area contributed by atoms with Crippen molar-refractivity contribution in [2.24, 2.45) is 11.8 Å². The molecule has 0 heterocycles. The fourth-order valence-corrected chi connectivity index (χ4v) is 5.60. The highest BCUT2D eigenvalue weighted by Crippen LogP contribution is 2.37. The Bertz CT molecular complexity index is 1340. The molecular weight excluding hydrogens is 632 g/mol. The van der Waals surface area contributed by atoms with Gasteiger partial charge in [-0.15, -0.1) is 0 Å². The molecule has 0 radical (unpaired) electrons. The second kappa shape index (κ2) is 15.6. The summed E-state index contributed by atoms with van der Waals surface area (Å²) < 4.78 is 8.34. The van der Waals surface area contributed by atoms with Crippen LogP contribution in [0.3, 0.4) is 0 Å². The zero-order valence-corrected chi connectivity index (χ0v) is 27.7. The number of halogens is 2. The largest absolute Gasteiger partial charge is 0.494 e. The topological polar surface area (TPSA) is 9.23 Å². The first-order chi connectivity index (χ1) is 19.8. The fourth-order valence-electron chi connectivity index (χ4n) is 5.07. The van der Waals surface area contributed by atoms with Gasteiger partial charge in [0.1, 0.15) is 5.75 Å². The predicted molar refractivity (Wildman–Crippen MR) is 184 cm³/mol. The Morgan fingerprint density at radius 2 is 1.39 bits per heavy atom. The van der Waals surface area contributed by atoms with Crippen LogP contribution in [0, 0.1) is 11.8 Å². The van der Waals surface area contributed by atoms with E-state index in [0.29, 0.717) is 5.92 Å². The van der Waals surface area contributed by atoms with Gasteiger partial charge in [-0.2, -0.15) is 0 Å². The molecule has 41 heavy (non-hydrogen) atoms. The average Bonchev–Trinajstić information content (AvgIpc) is 2.97. The summed E-state index contributed by atoms with van der Waals surface area (Å²) in [6.45, 7) is 7.73. The van der Waals surface area contributed by atoms with Gasteiger partial charge in [-0.1, -0.05) is 151 Å². The molecule has 0 amide bonds. The summed E-state index contributed by atoms with van der Waals surface area (Å²) in [7, 11) is 0. The molecule has 0 saturated heterocycles. The van der Waals surface area contributed by atoms with Crippen molar-refractivity contribution >= 4 is 44.0 Å². The first-order valence-electron chi connectivity index (χ1n) is 14.8. The van der Waals surface area contributed by atoms with Crippen LogP contribution in [0.15, 0.2) is 118 Å². The minimum absolute atomic E-state index is 0.217. The van der Waals surface area contributed by atoms with Crippen molar-refractivity contribution in [1.29, 1.82) is 0 Å². The molecular formula is C38H42Br2O. The molecule has 0 aromatic heterocycles. The zero-order chi connectivity index (χ0) is 29.1. The summed E-state index contributed by atoms with van der Waals surface area (Å²) in [5, 5.41) is 0. The van der Waals surface area contributed by atoms with Gasteiger partial charge in [0, 0.05) is 14.4 Å². The van der Waals surface area contributed by atoms with Crippen molar-refractivity contribution in [3.8, 4) is 5.75 Å². The van der Waals surface area contributed by atoms with Gasteiger partial charge in [-0.25, -0.2) is 0 Å². The minimum Gasteiger partial charge on any atom is -0.494 e. The molecule has 0 fully saturated rings. The fraction of sp³-hybridized carbons (Fsp3) is 0.316. The summed E-state index contributed by atoms with van der Waals surface area (Å²) in [6, 6.07) is 25.6. The molecule has 1 aliphatic rings. The van der Waals surface area contributed by atoms with Crippen LogP contribution in [0.2, 0.25) is 0 Å². The summed E-state index contributed by atoms with van der Waals surface area (Å²) in [6.07, 6.45) is 21.8. The lowest BCUT2D eigenvalue weighted by atomic mass is 9.74. The number of allylic oxidation sites excluding steroid dienone is 6. The van der Waals surface area contributed by atoms with E-state index in [-0.39, 0.29) is 5.41 Å². The third kappa shape index (κ3) is 10.0. The summed E-state index contributed by atoms with van der Waals surface area (Å²) >= 11 is 7.06. The molecule has 3 aromatic rings. The molecule has 0 saturated carbocycles. The van der Waals surface area contributed by atoms with Gasteiger partial charge >= 0.3 is 0 Å².